The van der Waals surface area contributed by atoms with Gasteiger partial charge in [0.15, 0.2) is 5.17 Å². The molecular formula is C19H17N3O2S. The van der Waals surface area contributed by atoms with Gasteiger partial charge in [-0.1, -0.05) is 30.3 Å². The Kier molecular flexibility index (Phi) is 5.00. The number of amides is 2. The van der Waals surface area contributed by atoms with Gasteiger partial charge in [0.1, 0.15) is 0 Å². The summed E-state index contributed by atoms with van der Waals surface area (Å²) in [6, 6.07) is 15.1. The Hall–Kier alpha value is -2.86. The molecule has 2 amide bonds. The lowest BCUT2D eigenvalue weighted by atomic mass is 10.2. The van der Waals surface area contributed by atoms with E-state index in [-0.39, 0.29) is 11.8 Å². The summed E-state index contributed by atoms with van der Waals surface area (Å²) in [5.74, 6) is -0.280. The number of aliphatic imine (C=N–C) groups is 1. The third-order valence-corrected chi connectivity index (χ3v) is 4.43. The number of aryl methyl sites for hydroxylation is 1. The first-order chi connectivity index (χ1) is 12.0. The van der Waals surface area contributed by atoms with Crippen LogP contribution < -0.4 is 10.6 Å². The monoisotopic (exact) mass is 351 g/mol. The van der Waals surface area contributed by atoms with E-state index in [9.17, 15) is 9.59 Å². The third kappa shape index (κ3) is 4.36. The molecule has 0 spiro atoms. The Morgan fingerprint density at radius 2 is 1.88 bits per heavy atom. The molecule has 126 valence electrons. The summed E-state index contributed by atoms with van der Waals surface area (Å²) in [5.41, 5.74) is 3.49. The number of anilines is 1. The predicted molar refractivity (Wildman–Crippen MR) is 103 cm³/mol. The summed E-state index contributed by atoms with van der Waals surface area (Å²) in [5, 5.41) is 6.07. The molecule has 0 bridgehead atoms. The highest BCUT2D eigenvalue weighted by Crippen LogP contribution is 2.29. The number of hydrogen-bond donors (Lipinski definition) is 2. The summed E-state index contributed by atoms with van der Waals surface area (Å²) in [6.07, 6.45) is 1.80. The van der Waals surface area contributed by atoms with Gasteiger partial charge in [-0.15, -0.1) is 0 Å². The highest BCUT2D eigenvalue weighted by Gasteiger charge is 2.23. The molecule has 0 saturated carbocycles. The highest BCUT2D eigenvalue weighted by molar-refractivity contribution is 8.18. The molecule has 2 aromatic rings. The maximum Gasteiger partial charge on any atom is 0.264 e. The Balaban J connectivity index is 1.77. The number of rotatable bonds is 3. The summed E-state index contributed by atoms with van der Waals surface area (Å²) >= 11 is 1.31. The van der Waals surface area contributed by atoms with Crippen molar-refractivity contribution in [2.24, 2.45) is 4.99 Å². The van der Waals surface area contributed by atoms with Crippen LogP contribution in [0.2, 0.25) is 0 Å². The van der Waals surface area contributed by atoms with Crippen LogP contribution in [0.15, 0.2) is 58.4 Å². The Bertz CT molecular complexity index is 886. The molecule has 6 heteroatoms. The lowest BCUT2D eigenvalue weighted by molar-refractivity contribution is -0.115. The van der Waals surface area contributed by atoms with Crippen LogP contribution in [-0.4, -0.2) is 17.0 Å². The number of hydrogen-bond acceptors (Lipinski definition) is 4. The van der Waals surface area contributed by atoms with Gasteiger partial charge in [0.05, 0.1) is 10.6 Å². The van der Waals surface area contributed by atoms with Crippen LogP contribution >= 0.6 is 11.8 Å². The molecule has 0 aromatic heterocycles. The first-order valence-electron chi connectivity index (χ1n) is 7.74. The maximum atomic E-state index is 12.1. The van der Waals surface area contributed by atoms with Gasteiger partial charge in [0.2, 0.25) is 5.91 Å². The third-order valence-electron chi connectivity index (χ3n) is 3.52. The number of carbonyl (C=O) groups excluding carboxylic acids is 2. The summed E-state index contributed by atoms with van der Waals surface area (Å²) in [6.45, 7) is 3.44. The number of nitrogens with one attached hydrogen (secondary N) is 2. The van der Waals surface area contributed by atoms with Crippen molar-refractivity contribution in [3.8, 4) is 0 Å². The average molecular weight is 351 g/mol. The number of para-hydroxylation sites is 1. The van der Waals surface area contributed by atoms with Crippen molar-refractivity contribution in [1.82, 2.24) is 5.32 Å². The minimum atomic E-state index is -0.164. The van der Waals surface area contributed by atoms with E-state index in [0.717, 1.165) is 22.5 Å². The SMILES string of the molecule is CC(=O)Nc1ccc(C=C2SC(=Nc3ccccc3C)NC2=O)cc1. The van der Waals surface area contributed by atoms with Crippen LogP contribution in [0.25, 0.3) is 6.08 Å². The molecule has 1 fully saturated rings. The van der Waals surface area contributed by atoms with Crippen LogP contribution in [0.5, 0.6) is 0 Å². The van der Waals surface area contributed by atoms with Crippen molar-refractivity contribution in [3.05, 3.63) is 64.6 Å². The van der Waals surface area contributed by atoms with Gasteiger partial charge in [-0.2, -0.15) is 0 Å². The van der Waals surface area contributed by atoms with E-state index in [2.05, 4.69) is 15.6 Å². The Morgan fingerprint density at radius 1 is 1.16 bits per heavy atom. The zero-order valence-corrected chi connectivity index (χ0v) is 14.7. The van der Waals surface area contributed by atoms with Crippen LogP contribution in [0.3, 0.4) is 0 Å². The van der Waals surface area contributed by atoms with Crippen LogP contribution in [-0.2, 0) is 9.59 Å². The van der Waals surface area contributed by atoms with E-state index >= 15 is 0 Å². The first kappa shape index (κ1) is 17.0. The molecule has 3 rings (SSSR count). The van der Waals surface area contributed by atoms with Crippen LogP contribution in [0.4, 0.5) is 11.4 Å². The smallest absolute Gasteiger partial charge is 0.264 e. The normalized spacial score (nSPS) is 17.0. The molecule has 1 aliphatic rings. The molecule has 0 unspecified atom stereocenters. The van der Waals surface area contributed by atoms with E-state index in [1.165, 1.54) is 18.7 Å². The molecule has 0 atom stereocenters. The van der Waals surface area contributed by atoms with Crippen LogP contribution in [0, 0.1) is 6.92 Å². The molecule has 0 radical (unpaired) electrons. The van der Waals surface area contributed by atoms with Crippen molar-refractivity contribution < 1.29 is 9.59 Å². The summed E-state index contributed by atoms with van der Waals surface area (Å²) in [7, 11) is 0. The zero-order valence-electron chi connectivity index (χ0n) is 13.9. The predicted octanol–water partition coefficient (Wildman–Crippen LogP) is 3.85. The minimum absolute atomic E-state index is 0.117. The average Bonchev–Trinajstić information content (AvgIpc) is 2.90. The van der Waals surface area contributed by atoms with E-state index < -0.39 is 0 Å². The fraction of sp³-hybridized carbons (Fsp3) is 0.105. The summed E-state index contributed by atoms with van der Waals surface area (Å²) in [4.78, 5) is 28.3. The van der Waals surface area contributed by atoms with Gasteiger partial charge < -0.3 is 10.6 Å². The van der Waals surface area contributed by atoms with Crippen molar-refractivity contribution >= 4 is 46.2 Å². The molecule has 1 saturated heterocycles. The van der Waals surface area contributed by atoms with Gasteiger partial charge in [-0.3, -0.25) is 9.59 Å². The second-order valence-corrected chi connectivity index (χ2v) is 6.60. The van der Waals surface area contributed by atoms with Gasteiger partial charge in [0.25, 0.3) is 5.91 Å². The molecule has 1 aliphatic heterocycles. The lowest BCUT2D eigenvalue weighted by Gasteiger charge is -2.02. The van der Waals surface area contributed by atoms with E-state index in [4.69, 9.17) is 0 Å². The van der Waals surface area contributed by atoms with E-state index in [0.29, 0.717) is 10.1 Å². The minimum Gasteiger partial charge on any atom is -0.326 e. The zero-order chi connectivity index (χ0) is 17.8. The molecular weight excluding hydrogens is 334 g/mol. The number of benzene rings is 2. The van der Waals surface area contributed by atoms with Gasteiger partial charge in [-0.05, 0) is 54.1 Å². The van der Waals surface area contributed by atoms with Crippen LogP contribution in [0.1, 0.15) is 18.1 Å². The van der Waals surface area contributed by atoms with Gasteiger partial charge in [-0.25, -0.2) is 4.99 Å². The number of thioether (sulfide) groups is 1. The Labute approximate surface area is 150 Å². The van der Waals surface area contributed by atoms with E-state index in [1.54, 1.807) is 18.2 Å². The fourth-order valence-electron chi connectivity index (χ4n) is 2.30. The van der Waals surface area contributed by atoms with Gasteiger partial charge in [0, 0.05) is 12.6 Å². The number of carbonyl (C=O) groups is 2. The van der Waals surface area contributed by atoms with E-state index in [1.807, 2.05) is 43.3 Å². The topological polar surface area (TPSA) is 70.6 Å². The van der Waals surface area contributed by atoms with Crippen molar-refractivity contribution in [2.45, 2.75) is 13.8 Å². The quantitative estimate of drug-likeness (QED) is 0.825. The molecule has 2 aromatic carbocycles. The van der Waals surface area contributed by atoms with Gasteiger partial charge >= 0.3 is 0 Å². The maximum absolute atomic E-state index is 12.1. The molecule has 5 nitrogen and oxygen atoms in total. The lowest BCUT2D eigenvalue weighted by Crippen LogP contribution is -2.19. The van der Waals surface area contributed by atoms with Crippen molar-refractivity contribution in [3.63, 3.8) is 0 Å². The Morgan fingerprint density at radius 3 is 2.56 bits per heavy atom. The molecule has 0 aliphatic carbocycles. The molecule has 1 heterocycles. The second kappa shape index (κ2) is 7.36. The number of amidine groups is 1. The standard InChI is InChI=1S/C19H17N3O2S/c1-12-5-3-4-6-16(12)21-19-22-18(24)17(25-19)11-14-7-9-15(10-8-14)20-13(2)23/h3-11H,1-2H3,(H,20,23)(H,21,22,24). The largest absolute Gasteiger partial charge is 0.326 e. The summed E-state index contributed by atoms with van der Waals surface area (Å²) < 4.78 is 0. The highest BCUT2D eigenvalue weighted by atomic mass is 32.2. The second-order valence-electron chi connectivity index (χ2n) is 5.57. The fourth-order valence-corrected chi connectivity index (χ4v) is 3.13. The number of nitrogens with zero attached hydrogens (tertiary/aromatic N) is 1. The van der Waals surface area contributed by atoms with Crippen molar-refractivity contribution in [2.75, 3.05) is 5.32 Å². The molecule has 25 heavy (non-hydrogen) atoms. The molecule has 2 N–H and O–H groups in total. The van der Waals surface area contributed by atoms with Crippen molar-refractivity contribution in [1.29, 1.82) is 0 Å². The first-order valence-corrected chi connectivity index (χ1v) is 8.56.